The van der Waals surface area contributed by atoms with Gasteiger partial charge in [0.1, 0.15) is 24.4 Å². The zero-order valence-corrected chi connectivity index (χ0v) is 24.9. The Bertz CT molecular complexity index is 1190. The molecule has 0 N–H and O–H groups in total. The van der Waals surface area contributed by atoms with Crippen molar-refractivity contribution in [2.45, 2.75) is 116 Å². The number of epoxide rings is 1. The first kappa shape index (κ1) is 30.7. The fourth-order valence-electron chi connectivity index (χ4n) is 7.13. The molecule has 0 radical (unpaired) electrons. The van der Waals surface area contributed by atoms with Gasteiger partial charge in [0.25, 0.3) is 0 Å². The van der Waals surface area contributed by atoms with Gasteiger partial charge < -0.3 is 28.4 Å². The molecule has 0 bridgehead atoms. The molecular formula is C30H40O11. The first-order chi connectivity index (χ1) is 19.1. The van der Waals surface area contributed by atoms with E-state index in [1.807, 2.05) is 13.8 Å². The monoisotopic (exact) mass is 576 g/mol. The molecule has 0 aromatic heterocycles. The maximum atomic E-state index is 13.1. The van der Waals surface area contributed by atoms with E-state index >= 15 is 0 Å². The van der Waals surface area contributed by atoms with Gasteiger partial charge in [-0.05, 0) is 32.4 Å². The van der Waals surface area contributed by atoms with Gasteiger partial charge in [-0.3, -0.25) is 19.2 Å². The molecule has 226 valence electrons. The number of ether oxygens (including phenoxy) is 6. The number of esters is 5. The summed E-state index contributed by atoms with van der Waals surface area (Å²) in [6.07, 6.45) is 1.29. The summed E-state index contributed by atoms with van der Waals surface area (Å²) in [6.45, 7) is 12.7. The molecule has 1 spiro atoms. The molecule has 4 aliphatic rings. The van der Waals surface area contributed by atoms with Crippen molar-refractivity contribution in [3.8, 4) is 0 Å². The van der Waals surface area contributed by atoms with Crippen LogP contribution in [0.25, 0.3) is 0 Å². The molecule has 1 saturated carbocycles. The summed E-state index contributed by atoms with van der Waals surface area (Å²) in [5, 5.41) is 0. The van der Waals surface area contributed by atoms with Crippen LogP contribution in [0.4, 0.5) is 0 Å². The van der Waals surface area contributed by atoms with Gasteiger partial charge in [-0.15, -0.1) is 0 Å². The van der Waals surface area contributed by atoms with Crippen LogP contribution in [0.1, 0.15) is 74.7 Å². The summed E-state index contributed by atoms with van der Waals surface area (Å²) in [5.41, 5.74) is -3.42. The van der Waals surface area contributed by atoms with Crippen LogP contribution < -0.4 is 0 Å². The van der Waals surface area contributed by atoms with E-state index < -0.39 is 88.8 Å². The average Bonchev–Trinajstić information content (AvgIpc) is 3.44. The predicted octanol–water partition coefficient (Wildman–Crippen LogP) is 3.12. The van der Waals surface area contributed by atoms with E-state index in [4.69, 9.17) is 28.4 Å². The highest BCUT2D eigenvalue weighted by atomic mass is 16.7. The van der Waals surface area contributed by atoms with E-state index in [-0.39, 0.29) is 12.8 Å². The number of hydrogen-bond acceptors (Lipinski definition) is 11. The van der Waals surface area contributed by atoms with Crippen LogP contribution in [-0.2, 0) is 52.4 Å². The topological polar surface area (TPSA) is 144 Å². The Morgan fingerprint density at radius 2 is 1.63 bits per heavy atom. The highest BCUT2D eigenvalue weighted by Crippen LogP contribution is 2.65. The van der Waals surface area contributed by atoms with Crippen LogP contribution in [0.15, 0.2) is 23.8 Å². The normalized spacial score (nSPS) is 43.0. The minimum atomic E-state index is -1.43. The smallest absolute Gasteiger partial charge is 0.342 e. The van der Waals surface area contributed by atoms with Crippen molar-refractivity contribution >= 4 is 29.8 Å². The Labute approximate surface area is 239 Å². The van der Waals surface area contributed by atoms with E-state index in [1.165, 1.54) is 20.8 Å². The van der Waals surface area contributed by atoms with Crippen LogP contribution in [0, 0.1) is 17.3 Å². The molecule has 10 atom stereocenters. The second-order valence-corrected chi connectivity index (χ2v) is 11.9. The largest absolute Gasteiger partial charge is 0.462 e. The van der Waals surface area contributed by atoms with Gasteiger partial charge in [0.05, 0.1) is 5.41 Å². The third-order valence-electron chi connectivity index (χ3n) is 9.08. The Morgan fingerprint density at radius 1 is 1.00 bits per heavy atom. The van der Waals surface area contributed by atoms with Crippen LogP contribution >= 0.6 is 0 Å². The van der Waals surface area contributed by atoms with Crippen LogP contribution in [0.3, 0.4) is 0 Å². The second-order valence-electron chi connectivity index (χ2n) is 11.9. The summed E-state index contributed by atoms with van der Waals surface area (Å²) in [5.74, 6) is -4.17. The van der Waals surface area contributed by atoms with Gasteiger partial charge in [0.2, 0.25) is 0 Å². The Hall–Kier alpha value is -3.21. The Morgan fingerprint density at radius 3 is 2.20 bits per heavy atom. The first-order valence-corrected chi connectivity index (χ1v) is 14.1. The van der Waals surface area contributed by atoms with Crippen molar-refractivity contribution in [3.05, 3.63) is 23.8 Å². The van der Waals surface area contributed by atoms with Crippen molar-refractivity contribution in [2.75, 3.05) is 0 Å². The molecule has 0 aromatic carbocycles. The molecule has 2 heterocycles. The molecule has 2 saturated heterocycles. The summed E-state index contributed by atoms with van der Waals surface area (Å²) in [6, 6.07) is 0. The van der Waals surface area contributed by atoms with E-state index in [0.29, 0.717) is 12.0 Å². The minimum Gasteiger partial charge on any atom is -0.462 e. The second kappa shape index (κ2) is 10.9. The fourth-order valence-corrected chi connectivity index (χ4v) is 7.13. The third-order valence-corrected chi connectivity index (χ3v) is 9.08. The molecular weight excluding hydrogens is 536 g/mol. The molecule has 41 heavy (non-hydrogen) atoms. The van der Waals surface area contributed by atoms with E-state index in [2.05, 4.69) is 0 Å². The van der Waals surface area contributed by atoms with E-state index in [9.17, 15) is 24.0 Å². The SMILES string of the molecule is CCCC(=O)O[C@H]1C[C@H](OC(C)=O)[C@@]2(C)C([C@H]1C)[C@@H](OC(C)=O)[C@]13O[C@]1(C)C(=O)OC3/C=C(C)\C=C\[C@@H]2OC(C)=O. The molecule has 0 amide bonds. The molecule has 3 fully saturated rings. The summed E-state index contributed by atoms with van der Waals surface area (Å²) < 4.78 is 35.8. The third kappa shape index (κ3) is 5.06. The summed E-state index contributed by atoms with van der Waals surface area (Å²) >= 11 is 0. The number of hydrogen-bond donors (Lipinski definition) is 0. The van der Waals surface area contributed by atoms with Gasteiger partial charge in [0, 0.05) is 45.4 Å². The molecule has 4 rings (SSSR count). The van der Waals surface area contributed by atoms with Crippen molar-refractivity contribution in [1.82, 2.24) is 0 Å². The van der Waals surface area contributed by atoms with Gasteiger partial charge in [-0.2, -0.15) is 0 Å². The molecule has 2 aliphatic heterocycles. The summed E-state index contributed by atoms with van der Waals surface area (Å²) in [7, 11) is 0. The number of allylic oxidation sites excluding steroid dienone is 2. The molecule has 11 nitrogen and oxygen atoms in total. The standard InChI is InChI=1S/C30H40O11/c1-9-10-24(34)39-20-14-22(37-18(5)32)28(7)21(36-17(4)31)12-11-15(2)13-23-30(29(8,41-30)27(35)40-23)26(38-19(6)33)25(28)16(20)3/h11-13,16,20-23,25-26H,9-10,14H2,1-8H3/b12-11+,15-13-/t16-,20-,21-,22-,23?,25?,26+,28-,29+,30-/m0/s1. The summed E-state index contributed by atoms with van der Waals surface area (Å²) in [4.78, 5) is 63.5. The number of fused-ring (bicyclic) bond motifs is 1. The average molecular weight is 577 g/mol. The lowest BCUT2D eigenvalue weighted by atomic mass is 9.53. The van der Waals surface area contributed by atoms with Gasteiger partial charge in [-0.25, -0.2) is 4.79 Å². The molecule has 2 aliphatic carbocycles. The Balaban J connectivity index is 2.00. The molecule has 0 aromatic rings. The zero-order valence-electron chi connectivity index (χ0n) is 24.9. The van der Waals surface area contributed by atoms with Crippen molar-refractivity contribution in [3.63, 3.8) is 0 Å². The lowest BCUT2D eigenvalue weighted by Gasteiger charge is -2.56. The van der Waals surface area contributed by atoms with Gasteiger partial charge >= 0.3 is 29.8 Å². The zero-order chi connectivity index (χ0) is 30.5. The van der Waals surface area contributed by atoms with Crippen LogP contribution in [0.2, 0.25) is 0 Å². The quantitative estimate of drug-likeness (QED) is 0.261. The lowest BCUT2D eigenvalue weighted by molar-refractivity contribution is -0.228. The fraction of sp³-hybridized carbons (Fsp3) is 0.700. The lowest BCUT2D eigenvalue weighted by Crippen LogP contribution is -2.66. The van der Waals surface area contributed by atoms with E-state index in [1.54, 1.807) is 39.0 Å². The van der Waals surface area contributed by atoms with Gasteiger partial charge in [0.15, 0.2) is 17.3 Å². The van der Waals surface area contributed by atoms with Crippen molar-refractivity contribution in [1.29, 1.82) is 0 Å². The highest BCUT2D eigenvalue weighted by molar-refractivity contribution is 5.89. The van der Waals surface area contributed by atoms with Crippen LogP contribution in [-0.4, -0.2) is 71.6 Å². The maximum absolute atomic E-state index is 13.1. The van der Waals surface area contributed by atoms with Crippen LogP contribution in [0.5, 0.6) is 0 Å². The van der Waals surface area contributed by atoms with Crippen molar-refractivity contribution < 1.29 is 52.4 Å². The minimum absolute atomic E-state index is 0.112. The highest BCUT2D eigenvalue weighted by Gasteiger charge is 2.87. The molecule has 2 unspecified atom stereocenters. The molecule has 11 heteroatoms. The number of carbonyl (C=O) groups excluding carboxylic acids is 5. The predicted molar refractivity (Wildman–Crippen MR) is 142 cm³/mol. The van der Waals surface area contributed by atoms with Crippen molar-refractivity contribution in [2.24, 2.45) is 17.3 Å². The van der Waals surface area contributed by atoms with Gasteiger partial charge in [-0.1, -0.05) is 32.4 Å². The number of rotatable bonds is 6. The first-order valence-electron chi connectivity index (χ1n) is 14.1. The number of carbonyl (C=O) groups is 5. The Kier molecular flexibility index (Phi) is 8.16. The maximum Gasteiger partial charge on any atom is 0.342 e. The van der Waals surface area contributed by atoms with E-state index in [0.717, 1.165) is 0 Å².